The van der Waals surface area contributed by atoms with Crippen molar-refractivity contribution in [1.29, 1.82) is 0 Å². The van der Waals surface area contributed by atoms with Crippen LogP contribution in [0.1, 0.15) is 32.8 Å². The molecule has 8 heteroatoms. The van der Waals surface area contributed by atoms with Gasteiger partial charge in [-0.3, -0.25) is 19.0 Å². The molecular weight excluding hydrogens is 384 g/mol. The van der Waals surface area contributed by atoms with Crippen molar-refractivity contribution in [1.82, 2.24) is 19.4 Å². The Morgan fingerprint density at radius 2 is 1.87 bits per heavy atom. The molecule has 0 fully saturated rings. The predicted octanol–water partition coefficient (Wildman–Crippen LogP) is 1.83. The van der Waals surface area contributed by atoms with Crippen LogP contribution in [0.4, 0.5) is 0 Å². The molecule has 0 aliphatic heterocycles. The number of hydrogen-bond acceptors (Lipinski definition) is 6. The molecule has 8 nitrogen and oxygen atoms in total. The minimum atomic E-state index is -0.616. The fraction of sp³-hybridized carbons (Fsp3) is 0.545. The molecule has 2 rings (SSSR count). The number of carbonyl (C=O) groups excluding carboxylic acids is 2. The van der Waals surface area contributed by atoms with E-state index < -0.39 is 11.6 Å². The zero-order valence-corrected chi connectivity index (χ0v) is 18.8. The van der Waals surface area contributed by atoms with Crippen LogP contribution in [0.5, 0.6) is 0 Å². The first kappa shape index (κ1) is 23.5. The molecule has 0 atom stereocenters. The summed E-state index contributed by atoms with van der Waals surface area (Å²) in [4.78, 5) is 45.6. The maximum Gasteiger partial charge on any atom is 0.326 e. The molecule has 0 spiro atoms. The van der Waals surface area contributed by atoms with Gasteiger partial charge >= 0.3 is 5.97 Å². The van der Waals surface area contributed by atoms with Crippen molar-refractivity contribution in [2.75, 3.05) is 33.7 Å². The number of likely N-dealkylation sites (N-methyl/N-ethyl adjacent to an activating group) is 1. The van der Waals surface area contributed by atoms with Crippen molar-refractivity contribution >= 4 is 22.8 Å². The van der Waals surface area contributed by atoms with Gasteiger partial charge in [-0.1, -0.05) is 12.1 Å². The van der Waals surface area contributed by atoms with E-state index in [0.717, 1.165) is 5.56 Å². The number of fused-ring (bicyclic) bond motifs is 1. The summed E-state index contributed by atoms with van der Waals surface area (Å²) < 4.78 is 6.80. The monoisotopic (exact) mass is 416 g/mol. The molecule has 1 amide bonds. The van der Waals surface area contributed by atoms with Gasteiger partial charge in [-0.15, -0.1) is 0 Å². The SMILES string of the molecule is Cc1cccc2c(=O)n(CCC(=O)N(CCN(C)C)CC(=O)OC(C)(C)C)cnc12. The van der Waals surface area contributed by atoms with E-state index in [-0.39, 0.29) is 31.0 Å². The van der Waals surface area contributed by atoms with Crippen LogP contribution >= 0.6 is 0 Å². The Morgan fingerprint density at radius 1 is 1.17 bits per heavy atom. The van der Waals surface area contributed by atoms with Crippen LogP contribution in [-0.4, -0.2) is 70.6 Å². The van der Waals surface area contributed by atoms with Gasteiger partial charge in [0.1, 0.15) is 12.1 Å². The summed E-state index contributed by atoms with van der Waals surface area (Å²) in [6.07, 6.45) is 1.57. The number of esters is 1. The molecule has 0 N–H and O–H groups in total. The average Bonchev–Trinajstić information content (AvgIpc) is 2.63. The minimum Gasteiger partial charge on any atom is -0.459 e. The van der Waals surface area contributed by atoms with E-state index in [1.54, 1.807) is 26.8 Å². The number of para-hydroxylation sites is 1. The lowest BCUT2D eigenvalue weighted by Gasteiger charge is -2.26. The Morgan fingerprint density at radius 3 is 2.50 bits per heavy atom. The van der Waals surface area contributed by atoms with E-state index in [1.807, 2.05) is 38.1 Å². The molecule has 0 unspecified atom stereocenters. The topological polar surface area (TPSA) is 84.7 Å². The second-order valence-electron chi connectivity index (χ2n) is 8.67. The highest BCUT2D eigenvalue weighted by Crippen LogP contribution is 2.12. The van der Waals surface area contributed by atoms with Crippen molar-refractivity contribution in [3.63, 3.8) is 0 Å². The molecule has 0 bridgehead atoms. The first-order chi connectivity index (χ1) is 14.0. The lowest BCUT2D eigenvalue weighted by molar-refractivity contribution is -0.159. The number of aryl methyl sites for hydroxylation is 2. The number of ether oxygens (including phenoxy) is 1. The normalized spacial score (nSPS) is 11.7. The van der Waals surface area contributed by atoms with Gasteiger partial charge in [-0.05, 0) is 53.4 Å². The molecule has 0 saturated heterocycles. The highest BCUT2D eigenvalue weighted by molar-refractivity contribution is 5.82. The van der Waals surface area contributed by atoms with Crippen molar-refractivity contribution in [3.05, 3.63) is 40.4 Å². The number of rotatable bonds is 8. The number of amides is 1. The van der Waals surface area contributed by atoms with Crippen molar-refractivity contribution < 1.29 is 14.3 Å². The van der Waals surface area contributed by atoms with Crippen molar-refractivity contribution in [3.8, 4) is 0 Å². The van der Waals surface area contributed by atoms with Crippen LogP contribution in [0, 0.1) is 6.92 Å². The molecule has 0 aliphatic carbocycles. The summed E-state index contributed by atoms with van der Waals surface area (Å²) in [5.74, 6) is -0.659. The third-order valence-corrected chi connectivity index (χ3v) is 4.53. The van der Waals surface area contributed by atoms with Gasteiger partial charge in [-0.25, -0.2) is 4.98 Å². The number of benzene rings is 1. The Balaban J connectivity index is 2.11. The zero-order chi connectivity index (χ0) is 22.5. The summed E-state index contributed by atoms with van der Waals surface area (Å²) in [5.41, 5.74) is 0.807. The maximum atomic E-state index is 12.8. The number of carbonyl (C=O) groups is 2. The predicted molar refractivity (Wildman–Crippen MR) is 116 cm³/mol. The van der Waals surface area contributed by atoms with Crippen molar-refractivity contribution in [2.45, 2.75) is 46.3 Å². The van der Waals surface area contributed by atoms with Crippen LogP contribution in [0.15, 0.2) is 29.3 Å². The highest BCUT2D eigenvalue weighted by Gasteiger charge is 2.22. The van der Waals surface area contributed by atoms with Gasteiger partial charge in [0.05, 0.1) is 17.2 Å². The molecule has 164 valence electrons. The molecule has 0 saturated carbocycles. The van der Waals surface area contributed by atoms with E-state index in [0.29, 0.717) is 24.0 Å². The van der Waals surface area contributed by atoms with Crippen molar-refractivity contribution in [2.24, 2.45) is 0 Å². The number of hydrogen-bond donors (Lipinski definition) is 0. The molecule has 0 aliphatic rings. The highest BCUT2D eigenvalue weighted by atomic mass is 16.6. The van der Waals surface area contributed by atoms with E-state index in [9.17, 15) is 14.4 Å². The second-order valence-corrected chi connectivity index (χ2v) is 8.67. The lowest BCUT2D eigenvalue weighted by atomic mass is 10.1. The van der Waals surface area contributed by atoms with E-state index in [4.69, 9.17) is 4.74 Å². The minimum absolute atomic E-state index is 0.0924. The van der Waals surface area contributed by atoms with Crippen LogP contribution in [0.2, 0.25) is 0 Å². The Labute approximate surface area is 177 Å². The van der Waals surface area contributed by atoms with Gasteiger partial charge in [0.2, 0.25) is 5.91 Å². The van der Waals surface area contributed by atoms with Gasteiger partial charge in [0.15, 0.2) is 0 Å². The Kier molecular flexibility index (Phi) is 7.72. The van der Waals surface area contributed by atoms with E-state index in [1.165, 1.54) is 15.8 Å². The molecule has 1 heterocycles. The lowest BCUT2D eigenvalue weighted by Crippen LogP contribution is -2.42. The molecule has 30 heavy (non-hydrogen) atoms. The van der Waals surface area contributed by atoms with Gasteiger partial charge in [0.25, 0.3) is 5.56 Å². The fourth-order valence-electron chi connectivity index (χ4n) is 3.01. The third-order valence-electron chi connectivity index (χ3n) is 4.53. The van der Waals surface area contributed by atoms with Gasteiger partial charge in [0, 0.05) is 26.1 Å². The smallest absolute Gasteiger partial charge is 0.326 e. The quantitative estimate of drug-likeness (QED) is 0.611. The van der Waals surface area contributed by atoms with E-state index in [2.05, 4.69) is 4.98 Å². The standard InChI is InChI=1S/C22H32N4O4/c1-16-8-7-9-17-20(16)23-15-26(21(17)29)11-10-18(27)25(13-12-24(5)6)14-19(28)30-22(2,3)4/h7-9,15H,10-14H2,1-6H3. The summed E-state index contributed by atoms with van der Waals surface area (Å²) in [6.45, 7) is 8.37. The van der Waals surface area contributed by atoms with Crippen LogP contribution in [-0.2, 0) is 20.9 Å². The van der Waals surface area contributed by atoms with Gasteiger partial charge < -0.3 is 14.5 Å². The summed E-state index contributed by atoms with van der Waals surface area (Å²) in [7, 11) is 3.80. The zero-order valence-electron chi connectivity index (χ0n) is 18.8. The second kappa shape index (κ2) is 9.84. The molecule has 1 aromatic heterocycles. The molecular formula is C22H32N4O4. The molecule has 2 aromatic rings. The van der Waals surface area contributed by atoms with Crippen LogP contribution in [0.25, 0.3) is 10.9 Å². The first-order valence-corrected chi connectivity index (χ1v) is 10.1. The Bertz CT molecular complexity index is 960. The Hall–Kier alpha value is -2.74. The maximum absolute atomic E-state index is 12.8. The fourth-order valence-corrected chi connectivity index (χ4v) is 3.01. The first-order valence-electron chi connectivity index (χ1n) is 10.1. The number of aromatic nitrogens is 2. The summed E-state index contributed by atoms with van der Waals surface area (Å²) in [5, 5.41) is 0.531. The van der Waals surface area contributed by atoms with Gasteiger partial charge in [-0.2, -0.15) is 0 Å². The number of nitrogens with zero attached hydrogens (tertiary/aromatic N) is 4. The summed E-state index contributed by atoms with van der Waals surface area (Å²) in [6, 6.07) is 5.46. The largest absolute Gasteiger partial charge is 0.459 e. The van der Waals surface area contributed by atoms with Crippen LogP contribution < -0.4 is 5.56 Å². The third kappa shape index (κ3) is 6.66. The summed E-state index contributed by atoms with van der Waals surface area (Å²) >= 11 is 0. The average molecular weight is 417 g/mol. The molecule has 1 aromatic carbocycles. The van der Waals surface area contributed by atoms with E-state index >= 15 is 0 Å². The van der Waals surface area contributed by atoms with Crippen LogP contribution in [0.3, 0.4) is 0 Å². The molecule has 0 radical (unpaired) electrons.